The van der Waals surface area contributed by atoms with E-state index in [1.54, 1.807) is 7.11 Å². The van der Waals surface area contributed by atoms with Crippen LogP contribution in [0.2, 0.25) is 5.02 Å². The van der Waals surface area contributed by atoms with E-state index in [1.165, 1.54) is 18.4 Å². The summed E-state index contributed by atoms with van der Waals surface area (Å²) in [5.74, 6) is 0.919. The Labute approximate surface area is 114 Å². The van der Waals surface area contributed by atoms with E-state index in [9.17, 15) is 0 Å². The molecular formula is C14H21ClN2O. The first-order valence-electron chi connectivity index (χ1n) is 6.56. The number of rotatable bonds is 5. The molecule has 4 heteroatoms. The summed E-state index contributed by atoms with van der Waals surface area (Å²) in [6, 6.07) is 6.38. The number of piperidine rings is 1. The van der Waals surface area contributed by atoms with Gasteiger partial charge in [-0.3, -0.25) is 0 Å². The molecule has 1 aromatic carbocycles. The van der Waals surface area contributed by atoms with Crippen molar-refractivity contribution in [2.24, 2.45) is 0 Å². The second-order valence-corrected chi connectivity index (χ2v) is 5.14. The normalized spacial score (nSPS) is 19.8. The lowest BCUT2D eigenvalue weighted by atomic mass is 10.1. The van der Waals surface area contributed by atoms with Crippen LogP contribution in [-0.4, -0.2) is 32.8 Å². The van der Waals surface area contributed by atoms with E-state index in [4.69, 9.17) is 16.3 Å². The van der Waals surface area contributed by atoms with Gasteiger partial charge in [-0.05, 0) is 56.1 Å². The Bertz CT molecular complexity index is 378. The van der Waals surface area contributed by atoms with Crippen molar-refractivity contribution in [2.45, 2.75) is 25.3 Å². The topological polar surface area (TPSA) is 33.3 Å². The van der Waals surface area contributed by atoms with Crippen LogP contribution in [0.4, 0.5) is 0 Å². The number of ether oxygens (including phenoxy) is 1. The van der Waals surface area contributed by atoms with Crippen molar-refractivity contribution in [1.82, 2.24) is 10.6 Å². The van der Waals surface area contributed by atoms with E-state index in [-0.39, 0.29) is 0 Å². The fourth-order valence-electron chi connectivity index (χ4n) is 2.38. The first-order valence-corrected chi connectivity index (χ1v) is 6.94. The van der Waals surface area contributed by atoms with E-state index < -0.39 is 0 Å². The van der Waals surface area contributed by atoms with Crippen LogP contribution in [0, 0.1) is 0 Å². The monoisotopic (exact) mass is 268 g/mol. The molecule has 0 amide bonds. The molecule has 0 aliphatic carbocycles. The summed E-state index contributed by atoms with van der Waals surface area (Å²) in [5, 5.41) is 7.76. The average molecular weight is 269 g/mol. The van der Waals surface area contributed by atoms with Gasteiger partial charge in [0.05, 0.1) is 7.11 Å². The van der Waals surface area contributed by atoms with Gasteiger partial charge in [-0.1, -0.05) is 11.6 Å². The Morgan fingerprint density at radius 2 is 2.39 bits per heavy atom. The van der Waals surface area contributed by atoms with Gasteiger partial charge in [-0.25, -0.2) is 0 Å². The fraction of sp³-hybridized carbons (Fsp3) is 0.571. The van der Waals surface area contributed by atoms with E-state index in [0.29, 0.717) is 6.04 Å². The maximum Gasteiger partial charge on any atom is 0.122 e. The highest BCUT2D eigenvalue weighted by atomic mass is 35.5. The standard InChI is InChI=1S/C14H21ClN2O/c1-18-14-5-4-12(15)9-11(14)6-8-17-13-3-2-7-16-10-13/h4-5,9,13,16-17H,2-3,6-8,10H2,1H3. The molecule has 1 fully saturated rings. The molecule has 2 N–H and O–H groups in total. The van der Waals surface area contributed by atoms with Gasteiger partial charge in [0.1, 0.15) is 5.75 Å². The highest BCUT2D eigenvalue weighted by Gasteiger charge is 2.12. The maximum atomic E-state index is 6.02. The average Bonchev–Trinajstić information content (AvgIpc) is 2.40. The third-order valence-electron chi connectivity index (χ3n) is 3.37. The van der Waals surface area contributed by atoms with Gasteiger partial charge < -0.3 is 15.4 Å². The summed E-state index contributed by atoms with van der Waals surface area (Å²) in [6.45, 7) is 3.19. The zero-order chi connectivity index (χ0) is 12.8. The van der Waals surface area contributed by atoms with Gasteiger partial charge in [-0.15, -0.1) is 0 Å². The van der Waals surface area contributed by atoms with Crippen molar-refractivity contribution in [2.75, 3.05) is 26.7 Å². The third-order valence-corrected chi connectivity index (χ3v) is 3.60. The Kier molecular flexibility index (Phi) is 5.29. The van der Waals surface area contributed by atoms with Crippen molar-refractivity contribution in [3.05, 3.63) is 28.8 Å². The van der Waals surface area contributed by atoms with Crippen molar-refractivity contribution < 1.29 is 4.74 Å². The number of halogens is 1. The summed E-state index contributed by atoms with van der Waals surface area (Å²) >= 11 is 6.02. The molecule has 1 aliphatic heterocycles. The van der Waals surface area contributed by atoms with Crippen molar-refractivity contribution in [3.8, 4) is 5.75 Å². The van der Waals surface area contributed by atoms with Gasteiger partial charge in [-0.2, -0.15) is 0 Å². The Morgan fingerprint density at radius 1 is 1.50 bits per heavy atom. The molecule has 2 rings (SSSR count). The number of hydrogen-bond donors (Lipinski definition) is 2. The molecule has 18 heavy (non-hydrogen) atoms. The first-order chi connectivity index (χ1) is 8.79. The minimum atomic E-state index is 0.601. The molecule has 100 valence electrons. The van der Waals surface area contributed by atoms with Crippen LogP contribution in [0.25, 0.3) is 0 Å². The van der Waals surface area contributed by atoms with Crippen LogP contribution in [0.5, 0.6) is 5.75 Å². The van der Waals surface area contributed by atoms with Crippen molar-refractivity contribution in [1.29, 1.82) is 0 Å². The molecular weight excluding hydrogens is 248 g/mol. The molecule has 1 atom stereocenters. The largest absolute Gasteiger partial charge is 0.496 e. The lowest BCUT2D eigenvalue weighted by molar-refractivity contribution is 0.387. The molecule has 0 radical (unpaired) electrons. The molecule has 0 bridgehead atoms. The molecule has 1 saturated heterocycles. The summed E-state index contributed by atoms with van der Waals surface area (Å²) in [4.78, 5) is 0. The second kappa shape index (κ2) is 6.98. The van der Waals surface area contributed by atoms with Crippen LogP contribution in [0.1, 0.15) is 18.4 Å². The molecule has 1 aliphatic rings. The highest BCUT2D eigenvalue weighted by Crippen LogP contribution is 2.22. The Morgan fingerprint density at radius 3 is 3.11 bits per heavy atom. The molecule has 1 unspecified atom stereocenters. The van der Waals surface area contributed by atoms with Gasteiger partial charge in [0.15, 0.2) is 0 Å². The molecule has 1 aromatic rings. The molecule has 3 nitrogen and oxygen atoms in total. The Hall–Kier alpha value is -0.770. The van der Waals surface area contributed by atoms with Crippen LogP contribution >= 0.6 is 11.6 Å². The van der Waals surface area contributed by atoms with E-state index >= 15 is 0 Å². The first kappa shape index (κ1) is 13.7. The van der Waals surface area contributed by atoms with Crippen LogP contribution in [-0.2, 0) is 6.42 Å². The van der Waals surface area contributed by atoms with Crippen LogP contribution in [0.3, 0.4) is 0 Å². The maximum absolute atomic E-state index is 6.02. The lowest BCUT2D eigenvalue weighted by Gasteiger charge is -2.24. The quantitative estimate of drug-likeness (QED) is 0.859. The van der Waals surface area contributed by atoms with E-state index in [2.05, 4.69) is 10.6 Å². The molecule has 1 heterocycles. The molecule has 0 saturated carbocycles. The molecule has 0 aromatic heterocycles. The van der Waals surface area contributed by atoms with E-state index in [0.717, 1.165) is 36.8 Å². The second-order valence-electron chi connectivity index (χ2n) is 4.70. The smallest absolute Gasteiger partial charge is 0.122 e. The summed E-state index contributed by atoms with van der Waals surface area (Å²) < 4.78 is 5.34. The zero-order valence-corrected chi connectivity index (χ0v) is 11.6. The fourth-order valence-corrected chi connectivity index (χ4v) is 2.57. The number of methoxy groups -OCH3 is 1. The summed E-state index contributed by atoms with van der Waals surface area (Å²) in [7, 11) is 1.70. The third kappa shape index (κ3) is 3.87. The van der Waals surface area contributed by atoms with Crippen molar-refractivity contribution >= 4 is 11.6 Å². The number of nitrogens with one attached hydrogen (secondary N) is 2. The Balaban J connectivity index is 1.83. The van der Waals surface area contributed by atoms with Crippen LogP contribution in [0.15, 0.2) is 18.2 Å². The lowest BCUT2D eigenvalue weighted by Crippen LogP contribution is -2.43. The SMILES string of the molecule is COc1ccc(Cl)cc1CCNC1CCCNC1. The van der Waals surface area contributed by atoms with Crippen LogP contribution < -0.4 is 15.4 Å². The predicted octanol–water partition coefficient (Wildman–Crippen LogP) is 2.23. The van der Waals surface area contributed by atoms with E-state index in [1.807, 2.05) is 18.2 Å². The molecule has 0 spiro atoms. The summed E-state index contributed by atoms with van der Waals surface area (Å²) in [6.07, 6.45) is 3.47. The minimum Gasteiger partial charge on any atom is -0.496 e. The predicted molar refractivity (Wildman–Crippen MR) is 75.6 cm³/mol. The summed E-state index contributed by atoms with van der Waals surface area (Å²) in [5.41, 5.74) is 1.17. The number of benzene rings is 1. The van der Waals surface area contributed by atoms with Crippen molar-refractivity contribution in [3.63, 3.8) is 0 Å². The zero-order valence-electron chi connectivity index (χ0n) is 10.8. The van der Waals surface area contributed by atoms with Gasteiger partial charge in [0.2, 0.25) is 0 Å². The van der Waals surface area contributed by atoms with Gasteiger partial charge in [0, 0.05) is 17.6 Å². The van der Waals surface area contributed by atoms with Gasteiger partial charge in [0.25, 0.3) is 0 Å². The van der Waals surface area contributed by atoms with Gasteiger partial charge >= 0.3 is 0 Å². The number of hydrogen-bond acceptors (Lipinski definition) is 3. The minimum absolute atomic E-state index is 0.601. The highest BCUT2D eigenvalue weighted by molar-refractivity contribution is 6.30.